The maximum atomic E-state index is 12.6. The van der Waals surface area contributed by atoms with Crippen LogP contribution in [0, 0.1) is 13.8 Å². The fraction of sp³-hybridized carbons (Fsp3) is 0.500. The van der Waals surface area contributed by atoms with Gasteiger partial charge in [-0.25, -0.2) is 4.98 Å². The van der Waals surface area contributed by atoms with Crippen molar-refractivity contribution >= 4 is 5.91 Å². The van der Waals surface area contributed by atoms with Crippen molar-refractivity contribution in [3.8, 4) is 11.8 Å². The van der Waals surface area contributed by atoms with Gasteiger partial charge in [-0.15, -0.1) is 10.2 Å². The standard InChI is InChI=1S/C18H23N5O4/c1-12-13(2)19-11-23(18(12)25)10-17(24)22-8-4-5-14(9-22)27-16-7-6-15(26-3)20-21-16/h6-7,11,14H,4-5,8-10H2,1-3H3. The van der Waals surface area contributed by atoms with Crippen molar-refractivity contribution in [3.63, 3.8) is 0 Å². The van der Waals surface area contributed by atoms with E-state index in [-0.39, 0.29) is 24.1 Å². The van der Waals surface area contributed by atoms with Crippen molar-refractivity contribution in [2.75, 3.05) is 20.2 Å². The molecule has 0 aromatic carbocycles. The number of rotatable bonds is 5. The molecule has 0 bridgehead atoms. The van der Waals surface area contributed by atoms with Crippen molar-refractivity contribution in [2.45, 2.75) is 39.3 Å². The molecule has 9 heteroatoms. The molecule has 1 aliphatic rings. The highest BCUT2D eigenvalue weighted by Crippen LogP contribution is 2.18. The lowest BCUT2D eigenvalue weighted by molar-refractivity contribution is -0.134. The summed E-state index contributed by atoms with van der Waals surface area (Å²) in [5.74, 6) is 0.677. The number of likely N-dealkylation sites (tertiary alicyclic amines) is 1. The molecule has 1 fully saturated rings. The largest absolute Gasteiger partial charge is 0.480 e. The van der Waals surface area contributed by atoms with Gasteiger partial charge in [0.1, 0.15) is 12.6 Å². The normalized spacial score (nSPS) is 16.9. The van der Waals surface area contributed by atoms with Crippen molar-refractivity contribution in [3.05, 3.63) is 40.1 Å². The number of carbonyl (C=O) groups excluding carboxylic acids is 1. The van der Waals surface area contributed by atoms with Gasteiger partial charge in [0.25, 0.3) is 5.56 Å². The maximum Gasteiger partial charge on any atom is 0.256 e. The number of aromatic nitrogens is 4. The van der Waals surface area contributed by atoms with Gasteiger partial charge in [-0.3, -0.25) is 14.2 Å². The Bertz CT molecular complexity index is 865. The number of aryl methyl sites for hydroxylation is 1. The molecule has 2 aromatic rings. The van der Waals surface area contributed by atoms with Crippen molar-refractivity contribution in [2.24, 2.45) is 0 Å². The minimum absolute atomic E-state index is 0.0258. The van der Waals surface area contributed by atoms with E-state index in [2.05, 4.69) is 15.2 Å². The predicted octanol–water partition coefficient (Wildman–Crippen LogP) is 0.729. The second kappa shape index (κ2) is 8.15. The SMILES string of the molecule is COc1ccc(OC2CCCN(C(=O)Cn3cnc(C)c(C)c3=O)C2)nn1. The van der Waals surface area contributed by atoms with E-state index in [4.69, 9.17) is 9.47 Å². The fourth-order valence-corrected chi connectivity index (χ4v) is 2.95. The quantitative estimate of drug-likeness (QED) is 0.762. The van der Waals surface area contributed by atoms with E-state index in [1.54, 1.807) is 30.9 Å². The van der Waals surface area contributed by atoms with Crippen LogP contribution in [0.5, 0.6) is 11.8 Å². The zero-order valence-corrected chi connectivity index (χ0v) is 15.7. The Morgan fingerprint density at radius 3 is 2.70 bits per heavy atom. The van der Waals surface area contributed by atoms with Gasteiger partial charge in [0.05, 0.1) is 20.0 Å². The van der Waals surface area contributed by atoms with Crippen LogP contribution >= 0.6 is 0 Å². The van der Waals surface area contributed by atoms with Gasteiger partial charge >= 0.3 is 0 Å². The Labute approximate surface area is 156 Å². The van der Waals surface area contributed by atoms with Crippen LogP contribution in [0.3, 0.4) is 0 Å². The van der Waals surface area contributed by atoms with Crippen LogP contribution < -0.4 is 15.0 Å². The lowest BCUT2D eigenvalue weighted by atomic mass is 10.1. The van der Waals surface area contributed by atoms with Crippen molar-refractivity contribution < 1.29 is 14.3 Å². The monoisotopic (exact) mass is 373 g/mol. The average molecular weight is 373 g/mol. The number of ether oxygens (including phenoxy) is 2. The molecular formula is C18H23N5O4. The van der Waals surface area contributed by atoms with Crippen molar-refractivity contribution in [1.82, 2.24) is 24.6 Å². The number of hydrogen-bond donors (Lipinski definition) is 0. The highest BCUT2D eigenvalue weighted by molar-refractivity contribution is 5.76. The fourth-order valence-electron chi connectivity index (χ4n) is 2.95. The van der Waals surface area contributed by atoms with Gasteiger partial charge in [-0.05, 0) is 26.7 Å². The molecule has 0 saturated carbocycles. The molecule has 1 amide bonds. The molecule has 1 atom stereocenters. The summed E-state index contributed by atoms with van der Waals surface area (Å²) in [5, 5.41) is 7.83. The van der Waals surface area contributed by atoms with E-state index in [0.29, 0.717) is 36.1 Å². The van der Waals surface area contributed by atoms with Crippen LogP contribution in [0.1, 0.15) is 24.1 Å². The van der Waals surface area contributed by atoms with Gasteiger partial charge in [-0.2, -0.15) is 0 Å². The molecule has 1 unspecified atom stereocenters. The Morgan fingerprint density at radius 2 is 2.00 bits per heavy atom. The molecule has 9 nitrogen and oxygen atoms in total. The summed E-state index contributed by atoms with van der Waals surface area (Å²) in [6, 6.07) is 3.36. The van der Waals surface area contributed by atoms with E-state index in [0.717, 1.165) is 12.8 Å². The highest BCUT2D eigenvalue weighted by Gasteiger charge is 2.25. The molecule has 0 aliphatic carbocycles. The number of hydrogen-bond acceptors (Lipinski definition) is 7. The van der Waals surface area contributed by atoms with Crippen LogP contribution in [0.15, 0.2) is 23.3 Å². The van der Waals surface area contributed by atoms with Crippen LogP contribution in [0.2, 0.25) is 0 Å². The summed E-state index contributed by atoms with van der Waals surface area (Å²) < 4.78 is 12.2. The molecule has 1 aliphatic heterocycles. The number of methoxy groups -OCH3 is 1. The topological polar surface area (TPSA) is 99.4 Å². The lowest BCUT2D eigenvalue weighted by Crippen LogP contribution is -2.46. The Morgan fingerprint density at radius 1 is 1.26 bits per heavy atom. The van der Waals surface area contributed by atoms with Gasteiger partial charge in [-0.1, -0.05) is 0 Å². The molecule has 0 spiro atoms. The van der Waals surface area contributed by atoms with Gasteiger partial charge in [0.2, 0.25) is 17.7 Å². The second-order valence-electron chi connectivity index (χ2n) is 6.52. The smallest absolute Gasteiger partial charge is 0.256 e. The molecule has 0 N–H and O–H groups in total. The molecule has 3 rings (SSSR count). The molecular weight excluding hydrogens is 350 g/mol. The summed E-state index contributed by atoms with van der Waals surface area (Å²) >= 11 is 0. The summed E-state index contributed by atoms with van der Waals surface area (Å²) in [7, 11) is 1.52. The number of amides is 1. The molecule has 1 saturated heterocycles. The summed E-state index contributed by atoms with van der Waals surface area (Å²) in [5.41, 5.74) is 1.05. The molecule has 2 aromatic heterocycles. The summed E-state index contributed by atoms with van der Waals surface area (Å²) in [6.07, 6.45) is 2.90. The Kier molecular flexibility index (Phi) is 5.68. The predicted molar refractivity (Wildman–Crippen MR) is 96.8 cm³/mol. The third kappa shape index (κ3) is 4.42. The lowest BCUT2D eigenvalue weighted by Gasteiger charge is -2.32. The van der Waals surface area contributed by atoms with E-state index in [1.165, 1.54) is 18.0 Å². The molecule has 0 radical (unpaired) electrons. The van der Waals surface area contributed by atoms with E-state index < -0.39 is 0 Å². The molecule has 3 heterocycles. The van der Waals surface area contributed by atoms with Crippen LogP contribution in [-0.4, -0.2) is 56.9 Å². The number of piperidine rings is 1. The maximum absolute atomic E-state index is 12.6. The second-order valence-corrected chi connectivity index (χ2v) is 6.52. The molecule has 144 valence electrons. The van der Waals surface area contributed by atoms with Gasteiger partial charge in [0.15, 0.2) is 0 Å². The van der Waals surface area contributed by atoms with Crippen LogP contribution in [0.4, 0.5) is 0 Å². The first kappa shape index (κ1) is 18.8. The summed E-state index contributed by atoms with van der Waals surface area (Å²) in [4.78, 5) is 30.8. The first-order valence-electron chi connectivity index (χ1n) is 8.82. The third-order valence-corrected chi connectivity index (χ3v) is 4.66. The Balaban J connectivity index is 1.62. The Hall–Kier alpha value is -2.97. The third-order valence-electron chi connectivity index (χ3n) is 4.66. The van der Waals surface area contributed by atoms with Gasteiger partial charge < -0.3 is 14.4 Å². The van der Waals surface area contributed by atoms with Crippen molar-refractivity contribution in [1.29, 1.82) is 0 Å². The first-order valence-corrected chi connectivity index (χ1v) is 8.82. The van der Waals surface area contributed by atoms with E-state index in [9.17, 15) is 9.59 Å². The van der Waals surface area contributed by atoms with Crippen LogP contribution in [0.25, 0.3) is 0 Å². The highest BCUT2D eigenvalue weighted by atomic mass is 16.5. The molecule has 27 heavy (non-hydrogen) atoms. The zero-order chi connectivity index (χ0) is 19.4. The van der Waals surface area contributed by atoms with E-state index >= 15 is 0 Å². The minimum Gasteiger partial charge on any atom is -0.480 e. The average Bonchev–Trinajstić information content (AvgIpc) is 2.69. The number of nitrogens with zero attached hydrogens (tertiary/aromatic N) is 5. The van der Waals surface area contributed by atoms with Crippen LogP contribution in [-0.2, 0) is 11.3 Å². The summed E-state index contributed by atoms with van der Waals surface area (Å²) in [6.45, 7) is 4.55. The number of carbonyl (C=O) groups is 1. The van der Waals surface area contributed by atoms with E-state index in [1.807, 2.05) is 0 Å². The first-order chi connectivity index (χ1) is 13.0. The van der Waals surface area contributed by atoms with Gasteiger partial charge in [0, 0.05) is 29.9 Å². The zero-order valence-electron chi connectivity index (χ0n) is 15.7. The minimum atomic E-state index is -0.186.